The van der Waals surface area contributed by atoms with E-state index < -0.39 is 27.1 Å². The van der Waals surface area contributed by atoms with Crippen molar-refractivity contribution in [2.45, 2.75) is 157 Å². The number of hydrogen-bond donors (Lipinski definition) is 3. The number of esters is 1. The SMILES string of the molecule is CC1([C@@H]2CC[C@]3(NC[C@H](CN)N4CCS(=O)(=O)CC4)CC[C@]4(C)[C@H](CC[C@@H]5[C@@]6(C)CC[C@H](OC(=O)[C@H]7C[C@@H](C(=O)O)C7(C)C)C(C)(C)[C@@H]6CC[C@]54C)[C@@H]23)CC1. The summed E-state index contributed by atoms with van der Waals surface area (Å²) in [6.45, 7) is 21.8. The highest BCUT2D eigenvalue weighted by atomic mass is 32.2. The van der Waals surface area contributed by atoms with Crippen LogP contribution >= 0.6 is 0 Å². The van der Waals surface area contributed by atoms with Gasteiger partial charge < -0.3 is 20.9 Å². The molecule has 0 radical (unpaired) electrons. The zero-order chi connectivity index (χ0) is 39.8. The second-order valence-electron chi connectivity index (χ2n) is 22.9. The third kappa shape index (κ3) is 5.98. The number of nitrogens with two attached hydrogens (primary N) is 1. The van der Waals surface area contributed by atoms with Gasteiger partial charge in [0, 0.05) is 43.2 Å². The van der Waals surface area contributed by atoms with Gasteiger partial charge in [0.15, 0.2) is 9.84 Å². The van der Waals surface area contributed by atoms with Crippen LogP contribution in [0.25, 0.3) is 0 Å². The maximum Gasteiger partial charge on any atom is 0.309 e. The molecule has 1 saturated heterocycles. The molecule has 0 aromatic carbocycles. The molecule has 7 saturated carbocycles. The van der Waals surface area contributed by atoms with E-state index in [1.54, 1.807) is 0 Å². The number of carboxylic acid groups (broad SMARTS) is 1. The summed E-state index contributed by atoms with van der Waals surface area (Å²) in [7, 11) is -2.94. The maximum atomic E-state index is 13.7. The first kappa shape index (κ1) is 40.5. The van der Waals surface area contributed by atoms with Crippen LogP contribution in [0.1, 0.15) is 139 Å². The highest BCUT2D eigenvalue weighted by molar-refractivity contribution is 7.91. The molecule has 8 aliphatic rings. The van der Waals surface area contributed by atoms with Crippen LogP contribution in [0.2, 0.25) is 0 Å². The lowest BCUT2D eigenvalue weighted by Crippen LogP contribution is -2.69. The number of fused-ring (bicyclic) bond motifs is 7. The summed E-state index contributed by atoms with van der Waals surface area (Å²) in [6, 6.07) is 0.164. The Morgan fingerprint density at radius 2 is 1.47 bits per heavy atom. The number of rotatable bonds is 9. The van der Waals surface area contributed by atoms with Gasteiger partial charge >= 0.3 is 11.9 Å². The van der Waals surface area contributed by atoms with Gasteiger partial charge in [-0.15, -0.1) is 0 Å². The molecule has 1 heterocycles. The molecule has 0 amide bonds. The number of carbonyl (C=O) groups excluding carboxylic acids is 1. The molecule has 1 aliphatic heterocycles. The predicted octanol–water partition coefficient (Wildman–Crippen LogP) is 6.93. The fourth-order valence-electron chi connectivity index (χ4n) is 16.2. The molecule has 312 valence electrons. The average Bonchev–Trinajstić information content (AvgIpc) is 3.72. The number of ether oxygens (including phenoxy) is 1. The number of carboxylic acids is 1. The molecule has 8 rings (SSSR count). The second-order valence-corrected chi connectivity index (χ2v) is 25.2. The van der Waals surface area contributed by atoms with E-state index in [2.05, 4.69) is 51.8 Å². The number of sulfone groups is 1. The quantitative estimate of drug-likeness (QED) is 0.213. The third-order valence-electron chi connectivity index (χ3n) is 20.3. The Hall–Kier alpha value is -1.23. The molecule has 4 N–H and O–H groups in total. The van der Waals surface area contributed by atoms with E-state index in [0.717, 1.165) is 25.3 Å². The lowest BCUT2D eigenvalue weighted by atomic mass is 9.32. The summed E-state index contributed by atoms with van der Waals surface area (Å²) in [4.78, 5) is 27.8. The molecule has 55 heavy (non-hydrogen) atoms. The topological polar surface area (TPSA) is 139 Å². The number of nitrogens with zero attached hydrogens (tertiary/aromatic N) is 1. The molecule has 0 spiro atoms. The summed E-state index contributed by atoms with van der Waals surface area (Å²) in [5.74, 6) is 1.85. The Balaban J connectivity index is 1.02. The summed E-state index contributed by atoms with van der Waals surface area (Å²) in [5.41, 5.74) is 6.97. The van der Waals surface area contributed by atoms with Gasteiger partial charge in [-0.2, -0.15) is 0 Å². The Labute approximate surface area is 332 Å². The normalized spacial score (nSPS) is 48.2. The zero-order valence-electron chi connectivity index (χ0n) is 35.6. The van der Waals surface area contributed by atoms with Crippen molar-refractivity contribution < 1.29 is 27.9 Å². The molecule has 10 heteroatoms. The molecule has 7 aliphatic carbocycles. The van der Waals surface area contributed by atoms with Crippen molar-refractivity contribution in [1.29, 1.82) is 0 Å². The zero-order valence-corrected chi connectivity index (χ0v) is 36.4. The first-order chi connectivity index (χ1) is 25.6. The molecular weight excluding hydrogens is 711 g/mol. The standard InChI is InChI=1S/C45H75N3O6S/c1-39(2)31(37(49)50)25-32(39)38(51)54-35-13-14-42(6)33(40(35,3)4)12-15-44(8)34(42)10-9-30-36-29(41(5)17-18-41)11-16-45(36,20-19-43(30,44)7)47-27-28(26-46)48-21-23-55(52,53)24-22-48/h28-36,47H,9-27,46H2,1-8H3,(H,49,50)/t28-,29+,30+,31-,32+,33-,34+,35-,36+,42-,43+,44+,45-/m0/s1. The van der Waals surface area contributed by atoms with Crippen LogP contribution in [-0.4, -0.2) is 85.7 Å². The van der Waals surface area contributed by atoms with Crippen molar-refractivity contribution in [3.8, 4) is 0 Å². The van der Waals surface area contributed by atoms with E-state index in [1.807, 2.05) is 13.8 Å². The monoisotopic (exact) mass is 786 g/mol. The first-order valence-corrected chi connectivity index (χ1v) is 24.2. The molecule has 0 unspecified atom stereocenters. The van der Waals surface area contributed by atoms with Gasteiger partial charge in [-0.25, -0.2) is 8.42 Å². The van der Waals surface area contributed by atoms with Crippen molar-refractivity contribution in [3.63, 3.8) is 0 Å². The van der Waals surface area contributed by atoms with Crippen LogP contribution in [0.3, 0.4) is 0 Å². The second kappa shape index (κ2) is 13.1. The van der Waals surface area contributed by atoms with E-state index in [-0.39, 0.29) is 62.7 Å². The summed E-state index contributed by atoms with van der Waals surface area (Å²) >= 11 is 0. The smallest absolute Gasteiger partial charge is 0.309 e. The van der Waals surface area contributed by atoms with Gasteiger partial charge in [-0.05, 0) is 140 Å². The Kier molecular flexibility index (Phi) is 9.68. The van der Waals surface area contributed by atoms with Gasteiger partial charge in [0.05, 0.1) is 23.3 Å². The van der Waals surface area contributed by atoms with Crippen LogP contribution in [0.5, 0.6) is 0 Å². The van der Waals surface area contributed by atoms with E-state index in [1.165, 1.54) is 64.2 Å². The van der Waals surface area contributed by atoms with E-state index in [0.29, 0.717) is 55.1 Å². The van der Waals surface area contributed by atoms with Gasteiger partial charge in [0.2, 0.25) is 0 Å². The maximum absolute atomic E-state index is 13.7. The summed E-state index contributed by atoms with van der Waals surface area (Å²) in [6.07, 6.45) is 14.9. The van der Waals surface area contributed by atoms with Crippen molar-refractivity contribution in [3.05, 3.63) is 0 Å². The number of aliphatic carboxylic acids is 1. The van der Waals surface area contributed by atoms with Crippen LogP contribution in [0, 0.1) is 73.9 Å². The molecule has 8 fully saturated rings. The largest absolute Gasteiger partial charge is 0.481 e. The minimum Gasteiger partial charge on any atom is -0.481 e. The van der Waals surface area contributed by atoms with Crippen LogP contribution in [0.15, 0.2) is 0 Å². The number of carbonyl (C=O) groups is 2. The van der Waals surface area contributed by atoms with Crippen molar-refractivity contribution in [1.82, 2.24) is 10.2 Å². The minimum absolute atomic E-state index is 0.128. The van der Waals surface area contributed by atoms with Gasteiger partial charge in [0.25, 0.3) is 0 Å². The Morgan fingerprint density at radius 1 is 0.782 bits per heavy atom. The third-order valence-corrected chi connectivity index (χ3v) is 21.9. The fourth-order valence-corrected chi connectivity index (χ4v) is 17.4. The Bertz CT molecular complexity index is 1650. The minimum atomic E-state index is -2.94. The summed E-state index contributed by atoms with van der Waals surface area (Å²) < 4.78 is 30.9. The molecule has 0 aromatic rings. The van der Waals surface area contributed by atoms with E-state index in [9.17, 15) is 23.1 Å². The summed E-state index contributed by atoms with van der Waals surface area (Å²) in [5, 5.41) is 14.0. The average molecular weight is 786 g/mol. The molecule has 0 bridgehead atoms. The van der Waals surface area contributed by atoms with Crippen molar-refractivity contribution in [2.24, 2.45) is 79.6 Å². The highest BCUT2D eigenvalue weighted by Gasteiger charge is 2.72. The van der Waals surface area contributed by atoms with Gasteiger partial charge in [0.1, 0.15) is 6.10 Å². The fraction of sp³-hybridized carbons (Fsp3) is 0.956. The van der Waals surface area contributed by atoms with Crippen molar-refractivity contribution in [2.75, 3.05) is 37.7 Å². The first-order valence-electron chi connectivity index (χ1n) is 22.4. The molecule has 13 atom stereocenters. The molecule has 0 aromatic heterocycles. The van der Waals surface area contributed by atoms with Gasteiger partial charge in [-0.3, -0.25) is 14.5 Å². The van der Waals surface area contributed by atoms with Crippen LogP contribution in [0.4, 0.5) is 0 Å². The lowest BCUT2D eigenvalue weighted by Gasteiger charge is -2.73. The highest BCUT2D eigenvalue weighted by Crippen LogP contribution is 2.78. The molecular formula is C45H75N3O6S. The van der Waals surface area contributed by atoms with Crippen molar-refractivity contribution >= 4 is 21.8 Å². The Morgan fingerprint density at radius 3 is 2.09 bits per heavy atom. The number of nitrogens with one attached hydrogen (secondary N) is 1. The van der Waals surface area contributed by atoms with E-state index >= 15 is 0 Å². The van der Waals surface area contributed by atoms with Crippen LogP contribution < -0.4 is 11.1 Å². The lowest BCUT2D eigenvalue weighted by molar-refractivity contribution is -0.249. The number of hydrogen-bond acceptors (Lipinski definition) is 8. The van der Waals surface area contributed by atoms with E-state index in [4.69, 9.17) is 10.5 Å². The predicted molar refractivity (Wildman–Crippen MR) is 216 cm³/mol. The van der Waals surface area contributed by atoms with Crippen LogP contribution in [-0.2, 0) is 24.2 Å². The molecule has 9 nitrogen and oxygen atoms in total. The van der Waals surface area contributed by atoms with Gasteiger partial charge in [-0.1, -0.05) is 55.4 Å².